The second-order valence-corrected chi connectivity index (χ2v) is 9.41. The average molecular weight is 492 g/mol. The molecule has 6 nitrogen and oxygen atoms in total. The Bertz CT molecular complexity index is 738. The zero-order valence-electron chi connectivity index (χ0n) is 15.4. The number of nitrogens with zero attached hydrogens (tertiary/aromatic N) is 2. The molecule has 0 aromatic heterocycles. The molecule has 2 aliphatic heterocycles. The fourth-order valence-corrected chi connectivity index (χ4v) is 5.65. The van der Waals surface area contributed by atoms with Gasteiger partial charge < -0.3 is 15.5 Å². The van der Waals surface area contributed by atoms with Crippen molar-refractivity contribution in [2.24, 2.45) is 16.8 Å². The van der Waals surface area contributed by atoms with Crippen molar-refractivity contribution < 1.29 is 8.42 Å². The van der Waals surface area contributed by atoms with Gasteiger partial charge in [-0.15, -0.1) is 24.0 Å². The molecule has 1 aromatic carbocycles. The second kappa shape index (κ2) is 9.25. The number of benzene rings is 1. The van der Waals surface area contributed by atoms with Gasteiger partial charge in [-0.05, 0) is 36.3 Å². The molecule has 0 aliphatic carbocycles. The maximum atomic E-state index is 11.5. The number of nitrogens with one attached hydrogen (secondary N) is 2. The molecule has 0 bridgehead atoms. The molecule has 0 amide bonds. The molecule has 0 saturated carbocycles. The van der Waals surface area contributed by atoms with Crippen LogP contribution in [0.15, 0.2) is 29.3 Å². The molecule has 1 fully saturated rings. The van der Waals surface area contributed by atoms with Crippen molar-refractivity contribution in [3.8, 4) is 0 Å². The number of sulfone groups is 1. The maximum Gasteiger partial charge on any atom is 0.190 e. The van der Waals surface area contributed by atoms with Crippen LogP contribution in [-0.4, -0.2) is 59.6 Å². The molecule has 146 valence electrons. The summed E-state index contributed by atoms with van der Waals surface area (Å²) in [4.78, 5) is 6.57. The minimum atomic E-state index is -2.82. The lowest BCUT2D eigenvalue weighted by Gasteiger charge is -2.33. The lowest BCUT2D eigenvalue weighted by molar-refractivity contribution is 0.489. The predicted octanol–water partition coefficient (Wildman–Crippen LogP) is 1.51. The Labute approximate surface area is 173 Å². The van der Waals surface area contributed by atoms with Gasteiger partial charge in [-0.2, -0.15) is 0 Å². The Balaban J connectivity index is 0.00000243. The number of para-hydroxylation sites is 1. The van der Waals surface area contributed by atoms with Crippen LogP contribution in [0.2, 0.25) is 0 Å². The van der Waals surface area contributed by atoms with Crippen molar-refractivity contribution in [1.29, 1.82) is 0 Å². The quantitative estimate of drug-likeness (QED) is 0.379. The summed E-state index contributed by atoms with van der Waals surface area (Å²) in [5, 5.41) is 6.68. The van der Waals surface area contributed by atoms with E-state index < -0.39 is 9.84 Å². The van der Waals surface area contributed by atoms with E-state index in [0.717, 1.165) is 31.9 Å². The van der Waals surface area contributed by atoms with Crippen molar-refractivity contribution >= 4 is 45.5 Å². The number of hydrogen-bond acceptors (Lipinski definition) is 4. The third-order valence-electron chi connectivity index (χ3n) is 5.11. The Morgan fingerprint density at radius 3 is 2.58 bits per heavy atom. The monoisotopic (exact) mass is 492 g/mol. The molecule has 1 saturated heterocycles. The van der Waals surface area contributed by atoms with Crippen LogP contribution in [0.3, 0.4) is 0 Å². The van der Waals surface area contributed by atoms with Crippen LogP contribution in [0.5, 0.6) is 0 Å². The summed E-state index contributed by atoms with van der Waals surface area (Å²) in [5.74, 6) is 2.08. The van der Waals surface area contributed by atoms with Gasteiger partial charge >= 0.3 is 0 Å². The van der Waals surface area contributed by atoms with E-state index in [1.165, 1.54) is 11.3 Å². The first kappa shape index (κ1) is 21.3. The van der Waals surface area contributed by atoms with Crippen molar-refractivity contribution in [3.63, 3.8) is 0 Å². The lowest BCUT2D eigenvalue weighted by atomic mass is 9.93. The maximum absolute atomic E-state index is 11.5. The highest BCUT2D eigenvalue weighted by atomic mass is 127. The van der Waals surface area contributed by atoms with E-state index in [0.29, 0.717) is 24.0 Å². The van der Waals surface area contributed by atoms with Gasteiger partial charge in [0.15, 0.2) is 15.8 Å². The molecule has 0 spiro atoms. The summed E-state index contributed by atoms with van der Waals surface area (Å²) in [6.07, 6.45) is 1.81. The van der Waals surface area contributed by atoms with Gasteiger partial charge in [-0.25, -0.2) is 8.42 Å². The van der Waals surface area contributed by atoms with Crippen LogP contribution in [0, 0.1) is 11.8 Å². The van der Waals surface area contributed by atoms with Crippen LogP contribution in [0.4, 0.5) is 5.69 Å². The summed E-state index contributed by atoms with van der Waals surface area (Å²) in [6, 6.07) is 8.56. The fraction of sp³-hybridized carbons (Fsp3) is 0.611. The molecule has 2 heterocycles. The first-order valence-corrected chi connectivity index (χ1v) is 10.7. The number of anilines is 1. The molecule has 2 atom stereocenters. The minimum absolute atomic E-state index is 0. The standard InChI is InChI=1S/C18H28N4O2S.HI/c1-19-18(20-10-14-7-8-25(23,24)13-14)21-11-15-9-16-5-3-4-6-17(16)22(2)12-15;/h3-6,14-15H,7-13H2,1-2H3,(H2,19,20,21);1H. The van der Waals surface area contributed by atoms with E-state index >= 15 is 0 Å². The highest BCUT2D eigenvalue weighted by molar-refractivity contribution is 14.0. The first-order chi connectivity index (χ1) is 12.0. The molecule has 2 unspecified atom stereocenters. The summed E-state index contributed by atoms with van der Waals surface area (Å²) in [6.45, 7) is 2.52. The van der Waals surface area contributed by atoms with Crippen LogP contribution in [-0.2, 0) is 16.3 Å². The van der Waals surface area contributed by atoms with E-state index in [2.05, 4.69) is 51.8 Å². The smallest absolute Gasteiger partial charge is 0.190 e. The van der Waals surface area contributed by atoms with Gasteiger partial charge in [0.1, 0.15) is 0 Å². The van der Waals surface area contributed by atoms with Crippen molar-refractivity contribution in [1.82, 2.24) is 10.6 Å². The van der Waals surface area contributed by atoms with Gasteiger partial charge in [0.25, 0.3) is 0 Å². The minimum Gasteiger partial charge on any atom is -0.374 e. The lowest BCUT2D eigenvalue weighted by Crippen LogP contribution is -2.45. The van der Waals surface area contributed by atoms with E-state index in [1.807, 2.05) is 0 Å². The van der Waals surface area contributed by atoms with Gasteiger partial charge in [0.05, 0.1) is 11.5 Å². The normalized spacial score (nSPS) is 24.5. The van der Waals surface area contributed by atoms with Crippen LogP contribution in [0.25, 0.3) is 0 Å². The number of aliphatic imine (C=N–C) groups is 1. The molecule has 0 radical (unpaired) electrons. The van der Waals surface area contributed by atoms with E-state index in [1.54, 1.807) is 7.05 Å². The summed E-state index contributed by atoms with van der Waals surface area (Å²) < 4.78 is 23.1. The number of rotatable bonds is 4. The van der Waals surface area contributed by atoms with Gasteiger partial charge in [0.2, 0.25) is 0 Å². The predicted molar refractivity (Wildman–Crippen MR) is 118 cm³/mol. The summed E-state index contributed by atoms with van der Waals surface area (Å²) in [5.41, 5.74) is 2.71. The van der Waals surface area contributed by atoms with E-state index in [4.69, 9.17) is 0 Å². The van der Waals surface area contributed by atoms with E-state index in [-0.39, 0.29) is 29.9 Å². The fourth-order valence-electron chi connectivity index (χ4n) is 3.79. The van der Waals surface area contributed by atoms with Crippen molar-refractivity contribution in [2.45, 2.75) is 12.8 Å². The number of halogens is 1. The van der Waals surface area contributed by atoms with Crippen LogP contribution < -0.4 is 15.5 Å². The highest BCUT2D eigenvalue weighted by Gasteiger charge is 2.28. The summed E-state index contributed by atoms with van der Waals surface area (Å²) in [7, 11) is 1.07. The average Bonchev–Trinajstić information content (AvgIpc) is 2.94. The Morgan fingerprint density at radius 2 is 1.92 bits per heavy atom. The van der Waals surface area contributed by atoms with Gasteiger partial charge in [0, 0.05) is 39.4 Å². The molecule has 2 N–H and O–H groups in total. The Morgan fingerprint density at radius 1 is 1.23 bits per heavy atom. The third-order valence-corrected chi connectivity index (χ3v) is 6.95. The van der Waals surface area contributed by atoms with Crippen LogP contribution in [0.1, 0.15) is 12.0 Å². The molecule has 8 heteroatoms. The SMILES string of the molecule is CN=C(NCC1Cc2ccccc2N(C)C1)NCC1CCS(=O)(=O)C1.I. The van der Waals surface area contributed by atoms with Crippen molar-refractivity contribution in [2.75, 3.05) is 50.1 Å². The molecular formula is C18H29IN4O2S. The van der Waals surface area contributed by atoms with Crippen molar-refractivity contribution in [3.05, 3.63) is 29.8 Å². The highest BCUT2D eigenvalue weighted by Crippen LogP contribution is 2.27. The summed E-state index contributed by atoms with van der Waals surface area (Å²) >= 11 is 0. The second-order valence-electron chi connectivity index (χ2n) is 7.18. The zero-order valence-corrected chi connectivity index (χ0v) is 18.6. The number of guanidine groups is 1. The Hall–Kier alpha value is -1.03. The van der Waals surface area contributed by atoms with E-state index in [9.17, 15) is 8.42 Å². The molecule has 2 aliphatic rings. The van der Waals surface area contributed by atoms with Gasteiger partial charge in [-0.3, -0.25) is 4.99 Å². The zero-order chi connectivity index (χ0) is 17.9. The Kier molecular flexibility index (Phi) is 7.57. The number of fused-ring (bicyclic) bond motifs is 1. The topological polar surface area (TPSA) is 73.8 Å². The third kappa shape index (κ3) is 5.48. The largest absolute Gasteiger partial charge is 0.374 e. The molecule has 26 heavy (non-hydrogen) atoms. The number of hydrogen-bond donors (Lipinski definition) is 2. The van der Waals surface area contributed by atoms with Crippen LogP contribution >= 0.6 is 24.0 Å². The molecular weight excluding hydrogens is 463 g/mol. The molecule has 3 rings (SSSR count). The van der Waals surface area contributed by atoms with Gasteiger partial charge in [-0.1, -0.05) is 18.2 Å². The first-order valence-electron chi connectivity index (χ1n) is 8.91. The molecule has 1 aromatic rings.